The van der Waals surface area contributed by atoms with Gasteiger partial charge < -0.3 is 10.2 Å². The molecule has 2 atom stereocenters. The van der Waals surface area contributed by atoms with Gasteiger partial charge in [0, 0.05) is 24.7 Å². The fraction of sp³-hybridized carbons (Fsp3) is 0.294. The van der Waals surface area contributed by atoms with Gasteiger partial charge in [-0.15, -0.1) is 4.40 Å². The number of amidine groups is 1. The number of rotatable bonds is 3. The molecule has 7 heteroatoms. The van der Waals surface area contributed by atoms with Crippen molar-refractivity contribution in [2.45, 2.75) is 18.4 Å². The summed E-state index contributed by atoms with van der Waals surface area (Å²) in [6.07, 6.45) is 5.81. The van der Waals surface area contributed by atoms with E-state index in [4.69, 9.17) is 0 Å². The van der Waals surface area contributed by atoms with Crippen LogP contribution in [-0.2, 0) is 14.8 Å². The second-order valence-electron chi connectivity index (χ2n) is 6.18. The van der Waals surface area contributed by atoms with Gasteiger partial charge in [0.1, 0.15) is 5.84 Å². The van der Waals surface area contributed by atoms with E-state index in [1.807, 2.05) is 18.2 Å². The minimum atomic E-state index is -3.37. The minimum Gasteiger partial charge on any atom is -0.349 e. The number of hydrogen-bond acceptors (Lipinski definition) is 4. The van der Waals surface area contributed by atoms with Crippen LogP contribution in [0.3, 0.4) is 0 Å². The number of benzene rings is 1. The fourth-order valence-electron chi connectivity index (χ4n) is 3.01. The van der Waals surface area contributed by atoms with Crippen LogP contribution in [0.1, 0.15) is 17.9 Å². The molecule has 24 heavy (non-hydrogen) atoms. The Hall–Kier alpha value is -2.41. The first kappa shape index (κ1) is 15.1. The fourth-order valence-corrected chi connectivity index (χ4v) is 3.98. The molecular weight excluding hydrogens is 326 g/mol. The summed E-state index contributed by atoms with van der Waals surface area (Å²) in [6, 6.07) is 10.3. The van der Waals surface area contributed by atoms with Crippen molar-refractivity contribution in [1.82, 2.24) is 10.2 Å². The summed E-state index contributed by atoms with van der Waals surface area (Å²) < 4.78 is 26.7. The van der Waals surface area contributed by atoms with Crippen molar-refractivity contribution in [2.24, 2.45) is 4.40 Å². The van der Waals surface area contributed by atoms with Gasteiger partial charge in [-0.05, 0) is 24.1 Å². The second-order valence-corrected chi connectivity index (χ2v) is 7.93. The Kier molecular flexibility index (Phi) is 3.53. The van der Waals surface area contributed by atoms with Gasteiger partial charge in [-0.2, -0.15) is 0 Å². The third-order valence-electron chi connectivity index (χ3n) is 4.42. The van der Waals surface area contributed by atoms with Crippen LogP contribution in [0.5, 0.6) is 0 Å². The van der Waals surface area contributed by atoms with Crippen LogP contribution in [0.4, 0.5) is 0 Å². The lowest BCUT2D eigenvalue weighted by molar-refractivity contribution is -0.117. The van der Waals surface area contributed by atoms with Gasteiger partial charge in [0.05, 0.1) is 11.3 Å². The average molecular weight is 343 g/mol. The number of carbonyl (C=O) groups is 1. The van der Waals surface area contributed by atoms with E-state index in [1.54, 1.807) is 23.3 Å². The molecule has 1 saturated carbocycles. The molecule has 6 nitrogen and oxygen atoms in total. The molecule has 1 aromatic carbocycles. The maximum atomic E-state index is 12.4. The molecule has 2 aliphatic heterocycles. The Labute approximate surface area is 140 Å². The van der Waals surface area contributed by atoms with Crippen LogP contribution >= 0.6 is 0 Å². The third-order valence-corrected chi connectivity index (χ3v) is 5.58. The Bertz CT molecular complexity index is 872. The number of amides is 1. The molecule has 1 aromatic rings. The lowest BCUT2D eigenvalue weighted by Crippen LogP contribution is -2.38. The van der Waals surface area contributed by atoms with Crippen LogP contribution in [0.2, 0.25) is 0 Å². The summed E-state index contributed by atoms with van der Waals surface area (Å²) in [5, 5.41) is 3.04. The Balaban J connectivity index is 1.42. The quantitative estimate of drug-likeness (QED) is 0.893. The molecule has 0 bridgehead atoms. The zero-order chi connectivity index (χ0) is 16.7. The predicted molar refractivity (Wildman–Crippen MR) is 90.9 cm³/mol. The highest BCUT2D eigenvalue weighted by atomic mass is 32.2. The molecule has 1 fully saturated rings. The molecule has 2 heterocycles. The molecule has 1 aliphatic carbocycles. The zero-order valence-corrected chi connectivity index (χ0v) is 13.7. The van der Waals surface area contributed by atoms with Crippen molar-refractivity contribution in [3.63, 3.8) is 0 Å². The lowest BCUT2D eigenvalue weighted by Gasteiger charge is -2.27. The van der Waals surface area contributed by atoms with Crippen LogP contribution in [-0.4, -0.2) is 43.4 Å². The number of hydrogen-bond donors (Lipinski definition) is 1. The molecule has 124 valence electrons. The monoisotopic (exact) mass is 343 g/mol. The summed E-state index contributed by atoms with van der Waals surface area (Å²) in [7, 11) is -3.37. The number of sulfonamides is 1. The van der Waals surface area contributed by atoms with Gasteiger partial charge in [0.25, 0.3) is 15.9 Å². The molecule has 1 amide bonds. The summed E-state index contributed by atoms with van der Waals surface area (Å²) in [5.74, 6) is 0.572. The van der Waals surface area contributed by atoms with Crippen molar-refractivity contribution >= 4 is 21.8 Å². The third kappa shape index (κ3) is 2.99. The topological polar surface area (TPSA) is 78.8 Å². The van der Waals surface area contributed by atoms with Crippen LogP contribution in [0, 0.1) is 0 Å². The van der Waals surface area contributed by atoms with E-state index in [1.165, 1.54) is 5.56 Å². The Morgan fingerprint density at radius 2 is 2.00 bits per heavy atom. The van der Waals surface area contributed by atoms with Crippen molar-refractivity contribution in [2.75, 3.05) is 12.3 Å². The summed E-state index contributed by atoms with van der Waals surface area (Å²) in [5.41, 5.74) is 1.76. The Morgan fingerprint density at radius 3 is 2.79 bits per heavy atom. The van der Waals surface area contributed by atoms with Gasteiger partial charge in [-0.25, -0.2) is 8.42 Å². The van der Waals surface area contributed by atoms with Crippen LogP contribution in [0.25, 0.3) is 0 Å². The standard InChI is InChI=1S/C17H17N3O3S/c21-17(18-15-10-14(15)12-4-2-1-3-5-12)13-6-7-16-19-24(22,23)9-8-20(16)11-13/h1-7,11,14-15H,8-10H2,(H,18,21)/t14-,15+/m0/s1. The number of carbonyl (C=O) groups excluding carboxylic acids is 1. The summed E-state index contributed by atoms with van der Waals surface area (Å²) >= 11 is 0. The first-order chi connectivity index (χ1) is 11.5. The summed E-state index contributed by atoms with van der Waals surface area (Å²) in [4.78, 5) is 14.1. The molecule has 4 rings (SSSR count). The molecule has 0 saturated heterocycles. The highest BCUT2D eigenvalue weighted by Crippen LogP contribution is 2.40. The molecular formula is C17H17N3O3S. The van der Waals surface area contributed by atoms with Gasteiger partial charge in [-0.3, -0.25) is 4.79 Å². The minimum absolute atomic E-state index is 0.0333. The zero-order valence-electron chi connectivity index (χ0n) is 12.9. The van der Waals surface area contributed by atoms with Crippen molar-refractivity contribution in [1.29, 1.82) is 0 Å². The van der Waals surface area contributed by atoms with Gasteiger partial charge in [-0.1, -0.05) is 30.3 Å². The molecule has 3 aliphatic rings. The number of nitrogens with one attached hydrogen (secondary N) is 1. The SMILES string of the molecule is O=C(N[C@@H]1C[C@H]1c1ccccc1)C1=CN2CCS(=O)(=O)N=C2C=C1. The lowest BCUT2D eigenvalue weighted by atomic mass is 10.1. The first-order valence-corrected chi connectivity index (χ1v) is 9.48. The predicted octanol–water partition coefficient (Wildman–Crippen LogP) is 1.16. The van der Waals surface area contributed by atoms with E-state index in [-0.39, 0.29) is 17.7 Å². The van der Waals surface area contributed by atoms with E-state index in [0.29, 0.717) is 23.9 Å². The van der Waals surface area contributed by atoms with Crippen LogP contribution in [0.15, 0.2) is 58.7 Å². The number of nitrogens with zero attached hydrogens (tertiary/aromatic N) is 2. The van der Waals surface area contributed by atoms with E-state index >= 15 is 0 Å². The normalized spacial score (nSPS) is 26.9. The molecule has 1 N–H and O–H groups in total. The first-order valence-electron chi connectivity index (χ1n) is 7.87. The molecule has 0 spiro atoms. The van der Waals surface area contributed by atoms with E-state index < -0.39 is 10.0 Å². The van der Waals surface area contributed by atoms with Crippen LogP contribution < -0.4 is 5.32 Å². The number of fused-ring (bicyclic) bond motifs is 1. The maximum absolute atomic E-state index is 12.4. The Morgan fingerprint density at radius 1 is 1.21 bits per heavy atom. The van der Waals surface area contributed by atoms with Gasteiger partial charge in [0.2, 0.25) is 0 Å². The largest absolute Gasteiger partial charge is 0.349 e. The van der Waals surface area contributed by atoms with Gasteiger partial charge >= 0.3 is 0 Å². The molecule has 0 unspecified atom stereocenters. The maximum Gasteiger partial charge on any atom is 0.256 e. The summed E-state index contributed by atoms with van der Waals surface area (Å²) in [6.45, 7) is 0.318. The molecule has 0 aromatic heterocycles. The van der Waals surface area contributed by atoms with E-state index in [9.17, 15) is 13.2 Å². The van der Waals surface area contributed by atoms with E-state index in [2.05, 4.69) is 21.8 Å². The van der Waals surface area contributed by atoms with Crippen molar-refractivity contribution in [3.05, 3.63) is 59.8 Å². The van der Waals surface area contributed by atoms with Gasteiger partial charge in [0.15, 0.2) is 0 Å². The van der Waals surface area contributed by atoms with E-state index in [0.717, 1.165) is 6.42 Å². The van der Waals surface area contributed by atoms with Crippen molar-refractivity contribution in [3.8, 4) is 0 Å². The van der Waals surface area contributed by atoms with Crippen molar-refractivity contribution < 1.29 is 13.2 Å². The highest BCUT2D eigenvalue weighted by molar-refractivity contribution is 7.90. The smallest absolute Gasteiger partial charge is 0.256 e. The average Bonchev–Trinajstić information content (AvgIpc) is 3.33. The molecule has 0 radical (unpaired) electrons. The highest BCUT2D eigenvalue weighted by Gasteiger charge is 2.39. The second kappa shape index (κ2) is 5.59.